The number of carboxylic acids is 1. The molecule has 2 N–H and O–H groups in total. The molecule has 0 amide bonds. The van der Waals surface area contributed by atoms with E-state index in [9.17, 15) is 23.3 Å². The predicted octanol–water partition coefficient (Wildman–Crippen LogP) is 2.09. The van der Waals surface area contributed by atoms with Crippen LogP contribution in [0.2, 0.25) is 0 Å². The van der Waals surface area contributed by atoms with Gasteiger partial charge in [-0.05, 0) is 30.3 Å². The van der Waals surface area contributed by atoms with Crippen LogP contribution in [0.4, 0.5) is 11.4 Å². The average Bonchev–Trinajstić information content (AvgIpc) is 2.47. The van der Waals surface area contributed by atoms with E-state index < -0.39 is 20.9 Å². The lowest BCUT2D eigenvalue weighted by atomic mass is 10.2. The van der Waals surface area contributed by atoms with E-state index in [2.05, 4.69) is 4.72 Å². The summed E-state index contributed by atoms with van der Waals surface area (Å²) in [6, 6.07) is 9.64. The molecule has 22 heavy (non-hydrogen) atoms. The molecule has 0 aliphatic carbocycles. The molecule has 2 aromatic carbocycles. The van der Waals surface area contributed by atoms with Crippen LogP contribution in [0.3, 0.4) is 0 Å². The van der Waals surface area contributed by atoms with Crippen molar-refractivity contribution in [1.29, 1.82) is 0 Å². The molecular formula is C13H10N2O6S. The number of nitrogens with zero attached hydrogens (tertiary/aromatic N) is 1. The number of hydrogen-bond donors (Lipinski definition) is 2. The molecule has 9 heteroatoms. The molecule has 0 atom stereocenters. The molecule has 0 saturated carbocycles. The van der Waals surface area contributed by atoms with Gasteiger partial charge in [0, 0.05) is 12.1 Å². The molecule has 0 unspecified atom stereocenters. The Balaban J connectivity index is 2.29. The average molecular weight is 322 g/mol. The fraction of sp³-hybridized carbons (Fsp3) is 0. The van der Waals surface area contributed by atoms with Gasteiger partial charge >= 0.3 is 5.97 Å². The first-order valence-electron chi connectivity index (χ1n) is 5.90. The lowest BCUT2D eigenvalue weighted by molar-refractivity contribution is -0.384. The SMILES string of the molecule is O=C(O)c1ccc(S(=O)(=O)Nc2cccc([N+](=O)[O-])c2)cc1. The van der Waals surface area contributed by atoms with E-state index in [1.165, 1.54) is 18.2 Å². The number of benzene rings is 2. The number of carboxylic acid groups (broad SMARTS) is 1. The van der Waals surface area contributed by atoms with E-state index >= 15 is 0 Å². The van der Waals surface area contributed by atoms with E-state index in [0.29, 0.717) is 0 Å². The van der Waals surface area contributed by atoms with Crippen molar-refractivity contribution in [2.75, 3.05) is 4.72 Å². The maximum absolute atomic E-state index is 12.1. The number of anilines is 1. The molecule has 0 aliphatic heterocycles. The molecule has 2 rings (SSSR count). The quantitative estimate of drug-likeness (QED) is 0.641. The van der Waals surface area contributed by atoms with E-state index in [1.54, 1.807) is 0 Å². The molecule has 8 nitrogen and oxygen atoms in total. The second kappa shape index (κ2) is 5.82. The summed E-state index contributed by atoms with van der Waals surface area (Å²) in [6.45, 7) is 0. The minimum Gasteiger partial charge on any atom is -0.478 e. The van der Waals surface area contributed by atoms with Gasteiger partial charge in [-0.3, -0.25) is 14.8 Å². The Morgan fingerprint density at radius 1 is 1.14 bits per heavy atom. The summed E-state index contributed by atoms with van der Waals surface area (Å²) in [7, 11) is -3.96. The van der Waals surface area contributed by atoms with Crippen molar-refractivity contribution in [1.82, 2.24) is 0 Å². The van der Waals surface area contributed by atoms with Crippen LogP contribution in [0.1, 0.15) is 10.4 Å². The zero-order valence-corrected chi connectivity index (χ0v) is 11.8. The van der Waals surface area contributed by atoms with Crippen molar-refractivity contribution in [3.63, 3.8) is 0 Å². The van der Waals surface area contributed by atoms with E-state index in [0.717, 1.165) is 30.3 Å². The first-order chi connectivity index (χ1) is 10.3. The van der Waals surface area contributed by atoms with Crippen molar-refractivity contribution in [3.05, 3.63) is 64.2 Å². The fourth-order valence-electron chi connectivity index (χ4n) is 1.67. The van der Waals surface area contributed by atoms with Crippen LogP contribution in [0.5, 0.6) is 0 Å². The minimum atomic E-state index is -3.96. The van der Waals surface area contributed by atoms with Crippen LogP contribution in [0.25, 0.3) is 0 Å². The van der Waals surface area contributed by atoms with Crippen molar-refractivity contribution < 1.29 is 23.2 Å². The van der Waals surface area contributed by atoms with Crippen LogP contribution >= 0.6 is 0 Å². The Bertz CT molecular complexity index is 830. The summed E-state index contributed by atoms with van der Waals surface area (Å²) < 4.78 is 26.5. The monoisotopic (exact) mass is 322 g/mol. The van der Waals surface area contributed by atoms with Crippen molar-refractivity contribution in [2.45, 2.75) is 4.90 Å². The molecule has 0 fully saturated rings. The van der Waals surface area contributed by atoms with Gasteiger partial charge in [-0.2, -0.15) is 0 Å². The Kier molecular flexibility index (Phi) is 4.08. The number of aromatic carboxylic acids is 1. The fourth-order valence-corrected chi connectivity index (χ4v) is 2.72. The van der Waals surface area contributed by atoms with Gasteiger partial charge in [-0.15, -0.1) is 0 Å². The van der Waals surface area contributed by atoms with Crippen LogP contribution < -0.4 is 4.72 Å². The molecule has 2 aromatic rings. The molecule has 0 radical (unpaired) electrons. The zero-order valence-electron chi connectivity index (χ0n) is 11.0. The molecule has 0 spiro atoms. The molecule has 0 aliphatic rings. The highest BCUT2D eigenvalue weighted by molar-refractivity contribution is 7.92. The zero-order chi connectivity index (χ0) is 16.3. The number of nitro groups is 1. The minimum absolute atomic E-state index is 0.0384. The van der Waals surface area contributed by atoms with E-state index in [1.807, 2.05) is 0 Å². The first-order valence-corrected chi connectivity index (χ1v) is 7.38. The van der Waals surface area contributed by atoms with Crippen LogP contribution in [0, 0.1) is 10.1 Å². The molecule has 0 saturated heterocycles. The topological polar surface area (TPSA) is 127 Å². The Labute approximate surface area is 125 Å². The molecule has 114 valence electrons. The number of nitrogens with one attached hydrogen (secondary N) is 1. The van der Waals surface area contributed by atoms with Crippen LogP contribution in [-0.4, -0.2) is 24.4 Å². The standard InChI is InChI=1S/C13H10N2O6S/c16-13(17)9-4-6-12(7-5-9)22(20,21)14-10-2-1-3-11(8-10)15(18)19/h1-8,14H,(H,16,17). The summed E-state index contributed by atoms with van der Waals surface area (Å²) in [4.78, 5) is 20.6. The maximum Gasteiger partial charge on any atom is 0.335 e. The summed E-state index contributed by atoms with van der Waals surface area (Å²) in [6.07, 6.45) is 0. The lowest BCUT2D eigenvalue weighted by Crippen LogP contribution is -2.13. The number of sulfonamides is 1. The number of hydrogen-bond acceptors (Lipinski definition) is 5. The molecule has 0 heterocycles. The Morgan fingerprint density at radius 2 is 1.77 bits per heavy atom. The van der Waals surface area contributed by atoms with Gasteiger partial charge in [0.15, 0.2) is 0 Å². The largest absolute Gasteiger partial charge is 0.478 e. The van der Waals surface area contributed by atoms with Gasteiger partial charge in [0.1, 0.15) is 0 Å². The van der Waals surface area contributed by atoms with Gasteiger partial charge in [-0.25, -0.2) is 13.2 Å². The predicted molar refractivity (Wildman–Crippen MR) is 77.3 cm³/mol. The Hall–Kier alpha value is -2.94. The normalized spacial score (nSPS) is 10.9. The molecule has 0 aromatic heterocycles. The summed E-state index contributed by atoms with van der Waals surface area (Å²) in [5, 5.41) is 19.4. The maximum atomic E-state index is 12.1. The van der Waals surface area contributed by atoms with Gasteiger partial charge in [0.2, 0.25) is 0 Å². The van der Waals surface area contributed by atoms with Crippen molar-refractivity contribution in [2.24, 2.45) is 0 Å². The number of nitro benzene ring substituents is 1. The highest BCUT2D eigenvalue weighted by atomic mass is 32.2. The third-order valence-electron chi connectivity index (χ3n) is 2.72. The first kappa shape index (κ1) is 15.4. The van der Waals surface area contributed by atoms with Gasteiger partial charge < -0.3 is 5.11 Å². The number of rotatable bonds is 5. The van der Waals surface area contributed by atoms with E-state index in [-0.39, 0.29) is 21.8 Å². The Morgan fingerprint density at radius 3 is 2.32 bits per heavy atom. The highest BCUT2D eigenvalue weighted by Gasteiger charge is 2.16. The number of carbonyl (C=O) groups is 1. The van der Waals surface area contributed by atoms with Crippen LogP contribution in [-0.2, 0) is 10.0 Å². The third kappa shape index (κ3) is 3.38. The van der Waals surface area contributed by atoms with Crippen LogP contribution in [0.15, 0.2) is 53.4 Å². The summed E-state index contributed by atoms with van der Waals surface area (Å²) >= 11 is 0. The number of non-ortho nitro benzene ring substituents is 1. The van der Waals surface area contributed by atoms with Crippen molar-refractivity contribution >= 4 is 27.4 Å². The third-order valence-corrected chi connectivity index (χ3v) is 4.12. The van der Waals surface area contributed by atoms with Gasteiger partial charge in [0.05, 0.1) is 21.1 Å². The van der Waals surface area contributed by atoms with Gasteiger partial charge in [-0.1, -0.05) is 6.07 Å². The van der Waals surface area contributed by atoms with Gasteiger partial charge in [0.25, 0.3) is 15.7 Å². The summed E-state index contributed by atoms with van der Waals surface area (Å²) in [5.41, 5.74) is -0.257. The molecular weight excluding hydrogens is 312 g/mol. The second-order valence-electron chi connectivity index (χ2n) is 4.24. The highest BCUT2D eigenvalue weighted by Crippen LogP contribution is 2.21. The lowest BCUT2D eigenvalue weighted by Gasteiger charge is -2.08. The second-order valence-corrected chi connectivity index (χ2v) is 5.92. The molecule has 0 bridgehead atoms. The smallest absolute Gasteiger partial charge is 0.335 e. The van der Waals surface area contributed by atoms with E-state index in [4.69, 9.17) is 5.11 Å². The van der Waals surface area contributed by atoms with Crippen molar-refractivity contribution in [3.8, 4) is 0 Å². The summed E-state index contributed by atoms with van der Waals surface area (Å²) in [5.74, 6) is -1.17.